The van der Waals surface area contributed by atoms with Crippen LogP contribution in [0.25, 0.3) is 0 Å². The Bertz CT molecular complexity index is 522. The van der Waals surface area contributed by atoms with Crippen LogP contribution in [0.3, 0.4) is 0 Å². The maximum atomic E-state index is 13.6. The molecule has 0 spiro atoms. The summed E-state index contributed by atoms with van der Waals surface area (Å²) in [6.45, 7) is 3.51. The molecule has 1 heterocycles. The Kier molecular flexibility index (Phi) is 3.90. The number of likely N-dealkylation sites (tertiary alicyclic amines) is 1. The third kappa shape index (κ3) is 3.04. The van der Waals surface area contributed by atoms with E-state index in [1.807, 2.05) is 13.8 Å². The Labute approximate surface area is 117 Å². The monoisotopic (exact) mass is 279 g/mol. The average Bonchev–Trinajstić information content (AvgIpc) is 2.33. The summed E-state index contributed by atoms with van der Waals surface area (Å²) in [6, 6.07) is 5.81. The number of carbonyl (C=O) groups is 2. The van der Waals surface area contributed by atoms with E-state index in [1.54, 1.807) is 6.07 Å². The van der Waals surface area contributed by atoms with Crippen molar-refractivity contribution < 1.29 is 19.1 Å². The molecule has 2 amide bonds. The largest absolute Gasteiger partial charge is 0.386 e. The number of benzene rings is 1. The van der Waals surface area contributed by atoms with Gasteiger partial charge in [0.05, 0.1) is 12.6 Å². The van der Waals surface area contributed by atoms with Crippen LogP contribution in [0.15, 0.2) is 24.3 Å². The minimum Gasteiger partial charge on any atom is -0.386 e. The van der Waals surface area contributed by atoms with E-state index in [-0.39, 0.29) is 42.2 Å². The summed E-state index contributed by atoms with van der Waals surface area (Å²) in [4.78, 5) is 25.0. The number of hydrogen-bond acceptors (Lipinski definition) is 3. The Morgan fingerprint density at radius 3 is 2.35 bits per heavy atom. The Morgan fingerprint density at radius 2 is 1.80 bits per heavy atom. The fraction of sp³-hybridized carbons (Fsp3) is 0.467. The number of aliphatic hydroxyl groups excluding tert-OH is 1. The highest BCUT2D eigenvalue weighted by molar-refractivity contribution is 5.98. The van der Waals surface area contributed by atoms with Gasteiger partial charge in [0.25, 0.3) is 0 Å². The number of imide groups is 1. The highest BCUT2D eigenvalue weighted by Crippen LogP contribution is 2.32. The first-order valence-electron chi connectivity index (χ1n) is 6.56. The molecule has 1 aromatic rings. The van der Waals surface area contributed by atoms with Gasteiger partial charge in [-0.1, -0.05) is 32.0 Å². The van der Waals surface area contributed by atoms with Gasteiger partial charge in [0.1, 0.15) is 5.82 Å². The SMILES string of the molecule is CC1(C)CC(=O)N(CC(O)c2ccccc2F)C(=O)C1. The number of β-amino-alcohol motifs (C(OH)–C–C–N with tert-alkyl or cyclic N) is 1. The van der Waals surface area contributed by atoms with Crippen LogP contribution < -0.4 is 0 Å². The van der Waals surface area contributed by atoms with Crippen molar-refractivity contribution in [2.24, 2.45) is 5.41 Å². The van der Waals surface area contributed by atoms with Crippen LogP contribution in [-0.2, 0) is 9.59 Å². The number of hydrogen-bond donors (Lipinski definition) is 1. The lowest BCUT2D eigenvalue weighted by atomic mass is 9.81. The summed E-state index contributed by atoms with van der Waals surface area (Å²) >= 11 is 0. The molecule has 1 unspecified atom stereocenters. The van der Waals surface area contributed by atoms with Crippen LogP contribution >= 0.6 is 0 Å². The van der Waals surface area contributed by atoms with Crippen LogP contribution in [0.1, 0.15) is 38.4 Å². The van der Waals surface area contributed by atoms with Crippen molar-refractivity contribution in [3.05, 3.63) is 35.6 Å². The minimum absolute atomic E-state index is 0.0953. The van der Waals surface area contributed by atoms with Crippen molar-refractivity contribution in [3.8, 4) is 0 Å². The maximum absolute atomic E-state index is 13.6. The van der Waals surface area contributed by atoms with E-state index in [1.165, 1.54) is 18.2 Å². The second kappa shape index (κ2) is 5.32. The number of nitrogens with zero attached hydrogens (tertiary/aromatic N) is 1. The molecule has 1 aliphatic heterocycles. The topological polar surface area (TPSA) is 57.6 Å². The van der Waals surface area contributed by atoms with E-state index >= 15 is 0 Å². The summed E-state index contributed by atoms with van der Waals surface area (Å²) < 4.78 is 13.6. The van der Waals surface area contributed by atoms with Gasteiger partial charge in [-0.3, -0.25) is 14.5 Å². The summed E-state index contributed by atoms with van der Waals surface area (Å²) in [5, 5.41) is 10.0. The van der Waals surface area contributed by atoms with Gasteiger partial charge in [-0.05, 0) is 11.5 Å². The van der Waals surface area contributed by atoms with Gasteiger partial charge in [0.2, 0.25) is 11.8 Å². The molecule has 1 atom stereocenters. The molecule has 1 aliphatic rings. The molecule has 0 bridgehead atoms. The lowest BCUT2D eigenvalue weighted by molar-refractivity contribution is -0.154. The number of carbonyl (C=O) groups excluding carboxylic acids is 2. The molecule has 1 aromatic carbocycles. The summed E-state index contributed by atoms with van der Waals surface area (Å²) in [5.74, 6) is -1.18. The fourth-order valence-electron chi connectivity index (χ4n) is 2.43. The molecule has 4 nitrogen and oxygen atoms in total. The van der Waals surface area contributed by atoms with Gasteiger partial charge in [0, 0.05) is 18.4 Å². The van der Waals surface area contributed by atoms with Crippen LogP contribution in [0.5, 0.6) is 0 Å². The molecular formula is C15H18FNO3. The van der Waals surface area contributed by atoms with Gasteiger partial charge in [-0.15, -0.1) is 0 Å². The van der Waals surface area contributed by atoms with E-state index in [0.29, 0.717) is 0 Å². The Balaban J connectivity index is 2.12. The predicted molar refractivity (Wildman–Crippen MR) is 71.1 cm³/mol. The zero-order valence-electron chi connectivity index (χ0n) is 11.6. The molecule has 108 valence electrons. The normalized spacial score (nSPS) is 20.1. The molecule has 1 fully saturated rings. The quantitative estimate of drug-likeness (QED) is 0.861. The Hall–Kier alpha value is -1.75. The number of rotatable bonds is 3. The van der Waals surface area contributed by atoms with Gasteiger partial charge in [-0.2, -0.15) is 0 Å². The van der Waals surface area contributed by atoms with Gasteiger partial charge in [-0.25, -0.2) is 4.39 Å². The van der Waals surface area contributed by atoms with E-state index in [0.717, 1.165) is 4.90 Å². The van der Waals surface area contributed by atoms with Crippen molar-refractivity contribution in [1.82, 2.24) is 4.90 Å². The van der Waals surface area contributed by atoms with Crippen molar-refractivity contribution in [3.63, 3.8) is 0 Å². The van der Waals surface area contributed by atoms with Gasteiger partial charge >= 0.3 is 0 Å². The number of piperidine rings is 1. The van der Waals surface area contributed by atoms with Crippen molar-refractivity contribution in [1.29, 1.82) is 0 Å². The van der Waals surface area contributed by atoms with Gasteiger partial charge < -0.3 is 5.11 Å². The van der Waals surface area contributed by atoms with Crippen molar-refractivity contribution in [2.75, 3.05) is 6.54 Å². The summed E-state index contributed by atoms with van der Waals surface area (Å²) in [6.07, 6.45) is -0.698. The van der Waals surface area contributed by atoms with Crippen molar-refractivity contribution in [2.45, 2.75) is 32.8 Å². The van der Waals surface area contributed by atoms with E-state index in [2.05, 4.69) is 0 Å². The molecule has 20 heavy (non-hydrogen) atoms. The smallest absolute Gasteiger partial charge is 0.229 e. The van der Waals surface area contributed by atoms with Crippen LogP contribution in [-0.4, -0.2) is 28.4 Å². The minimum atomic E-state index is -1.20. The fourth-order valence-corrected chi connectivity index (χ4v) is 2.43. The zero-order valence-corrected chi connectivity index (χ0v) is 11.6. The first-order valence-corrected chi connectivity index (χ1v) is 6.56. The third-order valence-corrected chi connectivity index (χ3v) is 3.48. The maximum Gasteiger partial charge on any atom is 0.229 e. The zero-order chi connectivity index (χ0) is 14.9. The molecule has 0 saturated carbocycles. The average molecular weight is 279 g/mol. The van der Waals surface area contributed by atoms with Crippen LogP contribution in [0.2, 0.25) is 0 Å². The lowest BCUT2D eigenvalue weighted by Gasteiger charge is -2.35. The number of halogens is 1. The molecule has 2 rings (SSSR count). The summed E-state index contributed by atoms with van der Waals surface area (Å²) in [5.41, 5.74) is -0.258. The number of amides is 2. The summed E-state index contributed by atoms with van der Waals surface area (Å²) in [7, 11) is 0. The molecule has 0 aliphatic carbocycles. The molecular weight excluding hydrogens is 261 g/mol. The lowest BCUT2D eigenvalue weighted by Crippen LogP contribution is -2.47. The molecule has 1 saturated heterocycles. The highest BCUT2D eigenvalue weighted by Gasteiger charge is 2.38. The van der Waals surface area contributed by atoms with E-state index in [4.69, 9.17) is 0 Å². The molecule has 0 radical (unpaired) electrons. The second-order valence-electron chi connectivity index (χ2n) is 5.95. The van der Waals surface area contributed by atoms with Gasteiger partial charge in [0.15, 0.2) is 0 Å². The van der Waals surface area contributed by atoms with E-state index in [9.17, 15) is 19.1 Å². The van der Waals surface area contributed by atoms with Crippen LogP contribution in [0, 0.1) is 11.2 Å². The first-order chi connectivity index (χ1) is 9.30. The second-order valence-corrected chi connectivity index (χ2v) is 5.95. The van der Waals surface area contributed by atoms with Crippen LogP contribution in [0.4, 0.5) is 4.39 Å². The molecule has 1 N–H and O–H groups in total. The van der Waals surface area contributed by atoms with Crippen molar-refractivity contribution >= 4 is 11.8 Å². The number of aliphatic hydroxyl groups is 1. The highest BCUT2D eigenvalue weighted by atomic mass is 19.1. The van der Waals surface area contributed by atoms with E-state index < -0.39 is 11.9 Å². The third-order valence-electron chi connectivity index (χ3n) is 3.48. The first kappa shape index (κ1) is 14.7. The standard InChI is InChI=1S/C15H18FNO3/c1-15(2)7-13(19)17(14(20)8-15)9-12(18)10-5-3-4-6-11(10)16/h3-6,12,18H,7-9H2,1-2H3. The Morgan fingerprint density at radius 1 is 1.25 bits per heavy atom. The predicted octanol–water partition coefficient (Wildman–Crippen LogP) is 2.03. The molecule has 0 aromatic heterocycles. The molecule has 5 heteroatoms.